The molecule has 1 aliphatic carbocycles. The Morgan fingerprint density at radius 2 is 2.11 bits per heavy atom. The molecule has 0 bridgehead atoms. The molecule has 1 fully saturated rings. The molecule has 19 heavy (non-hydrogen) atoms. The maximum atomic E-state index is 13.5. The quantitative estimate of drug-likeness (QED) is 0.889. The van der Waals surface area contributed by atoms with Gasteiger partial charge in [0, 0.05) is 12.6 Å². The topological polar surface area (TPSA) is 40.5 Å². The standard InChI is InChI=1S/C15H20FNO2/c1-11-6-7-12(8-14(11)16)9-17(10-15(18)19)13-4-2-3-5-13/h6-8,13H,2-5,9-10H2,1H3,(H,18,19). The Bertz CT molecular complexity index is 455. The number of nitrogens with zero attached hydrogens (tertiary/aromatic N) is 1. The van der Waals surface area contributed by atoms with Crippen molar-refractivity contribution in [2.45, 2.75) is 45.2 Å². The first-order valence-corrected chi connectivity index (χ1v) is 6.77. The first-order chi connectivity index (χ1) is 9.06. The number of carbonyl (C=O) groups is 1. The molecule has 1 saturated carbocycles. The van der Waals surface area contributed by atoms with Crippen LogP contribution in [0.1, 0.15) is 36.8 Å². The minimum atomic E-state index is -0.820. The van der Waals surface area contributed by atoms with E-state index in [2.05, 4.69) is 0 Å². The molecule has 3 nitrogen and oxygen atoms in total. The lowest BCUT2D eigenvalue weighted by Crippen LogP contribution is -2.37. The molecule has 1 aliphatic rings. The third-order valence-corrected chi connectivity index (χ3v) is 3.80. The van der Waals surface area contributed by atoms with E-state index >= 15 is 0 Å². The molecule has 2 rings (SSSR count). The smallest absolute Gasteiger partial charge is 0.317 e. The van der Waals surface area contributed by atoms with Gasteiger partial charge in [0.05, 0.1) is 6.54 Å². The van der Waals surface area contributed by atoms with Gasteiger partial charge in [0.1, 0.15) is 5.82 Å². The van der Waals surface area contributed by atoms with Crippen molar-refractivity contribution in [1.82, 2.24) is 4.90 Å². The molecule has 0 unspecified atom stereocenters. The van der Waals surface area contributed by atoms with Gasteiger partial charge in [-0.1, -0.05) is 25.0 Å². The van der Waals surface area contributed by atoms with E-state index in [4.69, 9.17) is 5.11 Å². The zero-order chi connectivity index (χ0) is 13.8. The molecule has 0 aliphatic heterocycles. The Balaban J connectivity index is 2.09. The van der Waals surface area contributed by atoms with Crippen molar-refractivity contribution < 1.29 is 14.3 Å². The van der Waals surface area contributed by atoms with E-state index in [1.807, 2.05) is 11.0 Å². The molecule has 0 amide bonds. The molecule has 1 aromatic carbocycles. The fourth-order valence-corrected chi connectivity index (χ4v) is 2.73. The molecule has 0 radical (unpaired) electrons. The normalized spacial score (nSPS) is 16.2. The predicted octanol–water partition coefficient (Wildman–Crippen LogP) is 2.96. The largest absolute Gasteiger partial charge is 0.480 e. The third kappa shape index (κ3) is 3.77. The summed E-state index contributed by atoms with van der Waals surface area (Å²) in [6.07, 6.45) is 4.40. The summed E-state index contributed by atoms with van der Waals surface area (Å²) in [7, 11) is 0. The molecule has 0 atom stereocenters. The van der Waals surface area contributed by atoms with Crippen LogP contribution in [0.4, 0.5) is 4.39 Å². The van der Waals surface area contributed by atoms with Crippen molar-refractivity contribution in [2.75, 3.05) is 6.54 Å². The van der Waals surface area contributed by atoms with E-state index in [0.717, 1.165) is 31.2 Å². The summed E-state index contributed by atoms with van der Waals surface area (Å²) in [6.45, 7) is 2.26. The Kier molecular flexibility index (Phi) is 4.53. The summed E-state index contributed by atoms with van der Waals surface area (Å²) in [4.78, 5) is 12.9. The van der Waals surface area contributed by atoms with E-state index in [-0.39, 0.29) is 12.4 Å². The van der Waals surface area contributed by atoms with Crippen LogP contribution in [-0.2, 0) is 11.3 Å². The van der Waals surface area contributed by atoms with Gasteiger partial charge < -0.3 is 5.11 Å². The van der Waals surface area contributed by atoms with E-state index in [9.17, 15) is 9.18 Å². The van der Waals surface area contributed by atoms with Gasteiger partial charge in [-0.3, -0.25) is 9.69 Å². The zero-order valence-electron chi connectivity index (χ0n) is 11.2. The molecule has 1 aromatic rings. The van der Waals surface area contributed by atoms with Crippen molar-refractivity contribution in [1.29, 1.82) is 0 Å². The fourth-order valence-electron chi connectivity index (χ4n) is 2.73. The van der Waals surface area contributed by atoms with Gasteiger partial charge in [-0.2, -0.15) is 0 Å². The number of carboxylic acids is 1. The summed E-state index contributed by atoms with van der Waals surface area (Å²) in [6, 6.07) is 5.46. The van der Waals surface area contributed by atoms with Crippen molar-refractivity contribution in [3.8, 4) is 0 Å². The van der Waals surface area contributed by atoms with Crippen molar-refractivity contribution in [3.63, 3.8) is 0 Å². The highest BCUT2D eigenvalue weighted by Gasteiger charge is 2.24. The molecule has 0 spiro atoms. The maximum Gasteiger partial charge on any atom is 0.317 e. The number of rotatable bonds is 5. The average molecular weight is 265 g/mol. The van der Waals surface area contributed by atoms with Crippen LogP contribution in [0.25, 0.3) is 0 Å². The van der Waals surface area contributed by atoms with Crippen LogP contribution >= 0.6 is 0 Å². The van der Waals surface area contributed by atoms with Gasteiger partial charge in [-0.15, -0.1) is 0 Å². The maximum absolute atomic E-state index is 13.5. The molecular weight excluding hydrogens is 245 g/mol. The highest BCUT2D eigenvalue weighted by atomic mass is 19.1. The van der Waals surface area contributed by atoms with Crippen LogP contribution in [0.15, 0.2) is 18.2 Å². The number of hydrogen-bond donors (Lipinski definition) is 1. The molecule has 1 N–H and O–H groups in total. The van der Waals surface area contributed by atoms with Crippen LogP contribution < -0.4 is 0 Å². The van der Waals surface area contributed by atoms with Crippen molar-refractivity contribution in [2.24, 2.45) is 0 Å². The van der Waals surface area contributed by atoms with Crippen LogP contribution in [0.2, 0.25) is 0 Å². The van der Waals surface area contributed by atoms with Gasteiger partial charge in [0.2, 0.25) is 0 Å². The number of benzene rings is 1. The van der Waals surface area contributed by atoms with Crippen LogP contribution in [0.3, 0.4) is 0 Å². The summed E-state index contributed by atoms with van der Waals surface area (Å²) in [5.41, 5.74) is 1.46. The molecule has 4 heteroatoms. The summed E-state index contributed by atoms with van der Waals surface area (Å²) < 4.78 is 13.5. The van der Waals surface area contributed by atoms with Gasteiger partial charge in [-0.05, 0) is 37.0 Å². The lowest BCUT2D eigenvalue weighted by atomic mass is 10.1. The summed E-state index contributed by atoms with van der Waals surface area (Å²) in [5.74, 6) is -1.04. The number of hydrogen-bond acceptors (Lipinski definition) is 2. The van der Waals surface area contributed by atoms with E-state index in [1.54, 1.807) is 13.0 Å². The van der Waals surface area contributed by atoms with Crippen LogP contribution in [-0.4, -0.2) is 28.6 Å². The molecule has 0 saturated heterocycles. The second-order valence-corrected chi connectivity index (χ2v) is 5.32. The Morgan fingerprint density at radius 1 is 1.42 bits per heavy atom. The summed E-state index contributed by atoms with van der Waals surface area (Å²) >= 11 is 0. The monoisotopic (exact) mass is 265 g/mol. The molecular formula is C15H20FNO2. The molecule has 0 aromatic heterocycles. The Hall–Kier alpha value is -1.42. The second kappa shape index (κ2) is 6.15. The van der Waals surface area contributed by atoms with Crippen molar-refractivity contribution in [3.05, 3.63) is 35.1 Å². The first-order valence-electron chi connectivity index (χ1n) is 6.77. The first kappa shape index (κ1) is 14.0. The fraction of sp³-hybridized carbons (Fsp3) is 0.533. The average Bonchev–Trinajstić information content (AvgIpc) is 2.86. The van der Waals surface area contributed by atoms with Gasteiger partial charge in [-0.25, -0.2) is 4.39 Å². The van der Waals surface area contributed by atoms with Gasteiger partial charge >= 0.3 is 5.97 Å². The van der Waals surface area contributed by atoms with Crippen LogP contribution in [0.5, 0.6) is 0 Å². The van der Waals surface area contributed by atoms with Gasteiger partial charge in [0.15, 0.2) is 0 Å². The SMILES string of the molecule is Cc1ccc(CN(CC(=O)O)C2CCCC2)cc1F. The van der Waals surface area contributed by atoms with Gasteiger partial charge in [0.25, 0.3) is 0 Å². The minimum Gasteiger partial charge on any atom is -0.480 e. The number of aliphatic carboxylic acids is 1. The van der Waals surface area contributed by atoms with Crippen LogP contribution in [0, 0.1) is 12.7 Å². The van der Waals surface area contributed by atoms with Crippen molar-refractivity contribution >= 4 is 5.97 Å². The highest BCUT2D eigenvalue weighted by molar-refractivity contribution is 5.69. The second-order valence-electron chi connectivity index (χ2n) is 5.32. The van der Waals surface area contributed by atoms with E-state index in [1.165, 1.54) is 6.07 Å². The number of aryl methyl sites for hydroxylation is 1. The molecule has 0 heterocycles. The lowest BCUT2D eigenvalue weighted by Gasteiger charge is -2.27. The van der Waals surface area contributed by atoms with E-state index in [0.29, 0.717) is 18.2 Å². The zero-order valence-corrected chi connectivity index (χ0v) is 11.2. The Morgan fingerprint density at radius 3 is 2.68 bits per heavy atom. The third-order valence-electron chi connectivity index (χ3n) is 3.80. The van der Waals surface area contributed by atoms with E-state index < -0.39 is 5.97 Å². The predicted molar refractivity (Wildman–Crippen MR) is 71.4 cm³/mol. The minimum absolute atomic E-state index is 0.0279. The highest BCUT2D eigenvalue weighted by Crippen LogP contribution is 2.25. The number of carboxylic acid groups (broad SMARTS) is 1. The Labute approximate surface area is 113 Å². The molecule has 104 valence electrons. The lowest BCUT2D eigenvalue weighted by molar-refractivity contribution is -0.139. The number of halogens is 1. The summed E-state index contributed by atoms with van der Waals surface area (Å²) in [5, 5.41) is 9.01.